The highest BCUT2D eigenvalue weighted by Gasteiger charge is 1.99. The van der Waals surface area contributed by atoms with E-state index < -0.39 is 0 Å². The summed E-state index contributed by atoms with van der Waals surface area (Å²) in [6.07, 6.45) is 5.99. The van der Waals surface area contributed by atoms with Crippen molar-refractivity contribution in [2.24, 2.45) is 10.7 Å². The molecule has 4 heteroatoms. The Labute approximate surface area is 90.6 Å². The molecule has 0 aliphatic carbocycles. The first-order valence-electron chi connectivity index (χ1n) is 5.36. The zero-order valence-corrected chi connectivity index (χ0v) is 9.49. The van der Waals surface area contributed by atoms with Crippen LogP contribution >= 0.6 is 0 Å². The number of nitrogens with two attached hydrogens (primary N) is 1. The maximum Gasteiger partial charge on any atom is 0.194 e. The third-order valence-electron chi connectivity index (χ3n) is 2.08. The largest absolute Gasteiger partial charge is 0.446 e. The van der Waals surface area contributed by atoms with Crippen molar-refractivity contribution in [2.45, 2.75) is 39.5 Å². The molecule has 0 aromatic carbocycles. The Kier molecular flexibility index (Phi) is 4.87. The summed E-state index contributed by atoms with van der Waals surface area (Å²) >= 11 is 0. The molecule has 2 N–H and O–H groups in total. The third-order valence-corrected chi connectivity index (χ3v) is 2.08. The second-order valence-corrected chi connectivity index (χ2v) is 3.70. The van der Waals surface area contributed by atoms with Gasteiger partial charge in [0.2, 0.25) is 0 Å². The van der Waals surface area contributed by atoms with Gasteiger partial charge in [-0.05, 0) is 26.7 Å². The maximum absolute atomic E-state index is 5.43. The predicted octanol–water partition coefficient (Wildman–Crippen LogP) is 2.07. The fourth-order valence-electron chi connectivity index (χ4n) is 1.34. The van der Waals surface area contributed by atoms with Crippen molar-refractivity contribution in [3.8, 4) is 0 Å². The molecular weight excluding hydrogens is 190 g/mol. The average molecular weight is 209 g/mol. The summed E-state index contributed by atoms with van der Waals surface area (Å²) in [7, 11) is 0. The van der Waals surface area contributed by atoms with Gasteiger partial charge in [0.15, 0.2) is 5.89 Å². The van der Waals surface area contributed by atoms with Gasteiger partial charge in [0.25, 0.3) is 0 Å². The van der Waals surface area contributed by atoms with Crippen LogP contribution in [-0.2, 0) is 6.42 Å². The third kappa shape index (κ3) is 5.20. The van der Waals surface area contributed by atoms with Crippen LogP contribution in [-0.4, -0.2) is 17.4 Å². The molecule has 0 spiro atoms. The van der Waals surface area contributed by atoms with Crippen LogP contribution < -0.4 is 5.73 Å². The minimum absolute atomic E-state index is 0.665. The number of aryl methyl sites for hydroxylation is 2. The molecule has 0 unspecified atom stereocenters. The number of hydrogen-bond donors (Lipinski definition) is 1. The van der Waals surface area contributed by atoms with Gasteiger partial charge < -0.3 is 10.2 Å². The SMILES string of the molecule is CC(N)=NCCCCCc1ncc(C)o1. The van der Waals surface area contributed by atoms with Crippen molar-refractivity contribution in [3.05, 3.63) is 17.8 Å². The number of unbranched alkanes of at least 4 members (excludes halogenated alkanes) is 2. The lowest BCUT2D eigenvalue weighted by atomic mass is 10.2. The monoisotopic (exact) mass is 209 g/mol. The number of amidine groups is 1. The minimum Gasteiger partial charge on any atom is -0.446 e. The summed E-state index contributed by atoms with van der Waals surface area (Å²) in [5.41, 5.74) is 5.43. The molecule has 0 fully saturated rings. The zero-order valence-electron chi connectivity index (χ0n) is 9.49. The minimum atomic E-state index is 0.665. The van der Waals surface area contributed by atoms with E-state index in [-0.39, 0.29) is 0 Å². The molecule has 1 aromatic heterocycles. The highest BCUT2D eigenvalue weighted by atomic mass is 16.3. The highest BCUT2D eigenvalue weighted by Crippen LogP contribution is 2.07. The van der Waals surface area contributed by atoms with Gasteiger partial charge in [0.1, 0.15) is 5.76 Å². The van der Waals surface area contributed by atoms with E-state index in [4.69, 9.17) is 10.2 Å². The first kappa shape index (κ1) is 11.8. The van der Waals surface area contributed by atoms with Crippen LogP contribution in [0.5, 0.6) is 0 Å². The lowest BCUT2D eigenvalue weighted by Gasteiger charge is -1.97. The normalized spacial score (nSPS) is 12.0. The molecule has 1 aromatic rings. The molecular formula is C11H19N3O. The molecule has 1 heterocycles. The number of oxazole rings is 1. The summed E-state index contributed by atoms with van der Waals surface area (Å²) in [6, 6.07) is 0. The van der Waals surface area contributed by atoms with Gasteiger partial charge in [-0.25, -0.2) is 4.98 Å². The first-order chi connectivity index (χ1) is 7.18. The number of nitrogens with zero attached hydrogens (tertiary/aromatic N) is 2. The lowest BCUT2D eigenvalue weighted by Crippen LogP contribution is -2.05. The Morgan fingerprint density at radius 3 is 2.87 bits per heavy atom. The van der Waals surface area contributed by atoms with Crippen molar-refractivity contribution >= 4 is 5.84 Å². The quantitative estimate of drug-likeness (QED) is 0.443. The van der Waals surface area contributed by atoms with E-state index >= 15 is 0 Å². The van der Waals surface area contributed by atoms with Crippen molar-refractivity contribution in [2.75, 3.05) is 6.54 Å². The molecule has 0 aliphatic heterocycles. The second kappa shape index (κ2) is 6.22. The molecule has 0 saturated heterocycles. The standard InChI is InChI=1S/C11H19N3O/c1-9-8-14-11(15-9)6-4-3-5-7-13-10(2)12/h8H,3-7H2,1-2H3,(H2,12,13). The Hall–Kier alpha value is -1.32. The van der Waals surface area contributed by atoms with E-state index in [1.807, 2.05) is 13.8 Å². The van der Waals surface area contributed by atoms with Crippen molar-refractivity contribution in [1.82, 2.24) is 4.98 Å². The van der Waals surface area contributed by atoms with Crippen molar-refractivity contribution in [1.29, 1.82) is 0 Å². The molecule has 4 nitrogen and oxygen atoms in total. The Balaban J connectivity index is 2.05. The maximum atomic E-state index is 5.43. The number of hydrogen-bond acceptors (Lipinski definition) is 3. The van der Waals surface area contributed by atoms with E-state index in [1.165, 1.54) is 0 Å². The molecule has 84 valence electrons. The van der Waals surface area contributed by atoms with Crippen LogP contribution in [0, 0.1) is 6.92 Å². The van der Waals surface area contributed by atoms with Crippen molar-refractivity contribution in [3.63, 3.8) is 0 Å². The first-order valence-corrected chi connectivity index (χ1v) is 5.36. The summed E-state index contributed by atoms with van der Waals surface area (Å²) in [5.74, 6) is 2.39. The van der Waals surface area contributed by atoms with Gasteiger partial charge in [-0.3, -0.25) is 4.99 Å². The average Bonchev–Trinajstić information content (AvgIpc) is 2.57. The summed E-state index contributed by atoms with van der Waals surface area (Å²) in [4.78, 5) is 8.28. The van der Waals surface area contributed by atoms with E-state index in [0.717, 1.165) is 43.9 Å². The highest BCUT2D eigenvalue weighted by molar-refractivity contribution is 5.77. The molecule has 0 aliphatic rings. The van der Waals surface area contributed by atoms with Crippen LogP contribution in [0.3, 0.4) is 0 Å². The van der Waals surface area contributed by atoms with Gasteiger partial charge in [-0.1, -0.05) is 6.42 Å². The van der Waals surface area contributed by atoms with Gasteiger partial charge in [-0.15, -0.1) is 0 Å². The van der Waals surface area contributed by atoms with Crippen LogP contribution in [0.1, 0.15) is 37.8 Å². The topological polar surface area (TPSA) is 64.4 Å². The predicted molar refractivity (Wildman–Crippen MR) is 61.0 cm³/mol. The molecule has 0 amide bonds. The smallest absolute Gasteiger partial charge is 0.194 e. The summed E-state index contributed by atoms with van der Waals surface area (Å²) < 4.78 is 5.37. The van der Waals surface area contributed by atoms with Crippen molar-refractivity contribution < 1.29 is 4.42 Å². The van der Waals surface area contributed by atoms with Gasteiger partial charge >= 0.3 is 0 Å². The van der Waals surface area contributed by atoms with E-state index in [9.17, 15) is 0 Å². The van der Waals surface area contributed by atoms with Crippen LogP contribution in [0.2, 0.25) is 0 Å². The molecule has 0 atom stereocenters. The van der Waals surface area contributed by atoms with Gasteiger partial charge in [0, 0.05) is 13.0 Å². The molecule has 0 saturated carbocycles. The summed E-state index contributed by atoms with van der Waals surface area (Å²) in [5, 5.41) is 0. The molecule has 0 radical (unpaired) electrons. The fourth-order valence-corrected chi connectivity index (χ4v) is 1.34. The fraction of sp³-hybridized carbons (Fsp3) is 0.636. The number of rotatable bonds is 6. The van der Waals surface area contributed by atoms with Crippen LogP contribution in [0.4, 0.5) is 0 Å². The van der Waals surface area contributed by atoms with E-state index in [0.29, 0.717) is 5.84 Å². The van der Waals surface area contributed by atoms with Crippen LogP contribution in [0.25, 0.3) is 0 Å². The lowest BCUT2D eigenvalue weighted by molar-refractivity contribution is 0.460. The number of aliphatic imine (C=N–C) groups is 1. The molecule has 1 rings (SSSR count). The van der Waals surface area contributed by atoms with Crippen LogP contribution in [0.15, 0.2) is 15.6 Å². The molecule has 15 heavy (non-hydrogen) atoms. The Morgan fingerprint density at radius 1 is 1.47 bits per heavy atom. The van der Waals surface area contributed by atoms with Gasteiger partial charge in [-0.2, -0.15) is 0 Å². The zero-order chi connectivity index (χ0) is 11.1. The second-order valence-electron chi connectivity index (χ2n) is 3.70. The van der Waals surface area contributed by atoms with E-state index in [2.05, 4.69) is 9.98 Å². The Morgan fingerprint density at radius 2 is 2.27 bits per heavy atom. The summed E-state index contributed by atoms with van der Waals surface area (Å²) in [6.45, 7) is 4.55. The van der Waals surface area contributed by atoms with Gasteiger partial charge in [0.05, 0.1) is 12.0 Å². The number of aromatic nitrogens is 1. The molecule has 0 bridgehead atoms. The van der Waals surface area contributed by atoms with E-state index in [1.54, 1.807) is 6.20 Å². The Bertz CT molecular complexity index is 313.